The fraction of sp³-hybridized carbons (Fsp3) is 0.235. The van der Waals surface area contributed by atoms with Gasteiger partial charge in [-0.1, -0.05) is 60.5 Å². The molecule has 0 aliphatic carbocycles. The highest BCUT2D eigenvalue weighted by molar-refractivity contribution is 6.34. The van der Waals surface area contributed by atoms with Crippen molar-refractivity contribution in [3.8, 4) is 5.75 Å². The number of carbonyl (C=O) groups excluding carboxylic acids is 1. The van der Waals surface area contributed by atoms with E-state index < -0.39 is 0 Å². The number of hydrogen-bond donors (Lipinski definition) is 1. The quantitative estimate of drug-likeness (QED) is 0.853. The molecule has 2 rings (SSSR count). The minimum atomic E-state index is -0.196. The van der Waals surface area contributed by atoms with E-state index in [2.05, 4.69) is 12.2 Å². The molecule has 1 amide bonds. The van der Waals surface area contributed by atoms with E-state index in [-0.39, 0.29) is 18.4 Å². The van der Waals surface area contributed by atoms with Gasteiger partial charge in [0.25, 0.3) is 5.91 Å². The summed E-state index contributed by atoms with van der Waals surface area (Å²) in [6.45, 7) is 2.52. The summed E-state index contributed by atoms with van der Waals surface area (Å²) in [6.07, 6.45) is 0. The summed E-state index contributed by atoms with van der Waals surface area (Å²) in [4.78, 5) is 11.8. The van der Waals surface area contributed by atoms with Crippen molar-refractivity contribution in [2.45, 2.75) is 12.8 Å². The lowest BCUT2D eigenvalue weighted by molar-refractivity contribution is -0.123. The third kappa shape index (κ3) is 4.93. The lowest BCUT2D eigenvalue weighted by Crippen LogP contribution is -2.31. The molecular formula is C17H17Cl2NO2. The first-order chi connectivity index (χ1) is 10.6. The van der Waals surface area contributed by atoms with Gasteiger partial charge in [-0.3, -0.25) is 4.79 Å². The van der Waals surface area contributed by atoms with E-state index in [1.165, 1.54) is 5.56 Å². The zero-order valence-corrected chi connectivity index (χ0v) is 13.7. The molecule has 2 aromatic rings. The highest BCUT2D eigenvalue weighted by atomic mass is 35.5. The summed E-state index contributed by atoms with van der Waals surface area (Å²) in [5.74, 6) is 0.444. The molecule has 0 spiro atoms. The summed E-state index contributed by atoms with van der Waals surface area (Å²) in [5.41, 5.74) is 1.18. The third-order valence-corrected chi connectivity index (χ3v) is 3.77. The Balaban J connectivity index is 1.80. The Bertz CT molecular complexity index is 632. The number of nitrogens with one attached hydrogen (secondary N) is 1. The predicted molar refractivity (Wildman–Crippen MR) is 89.8 cm³/mol. The van der Waals surface area contributed by atoms with Gasteiger partial charge < -0.3 is 10.1 Å². The first-order valence-electron chi connectivity index (χ1n) is 6.95. The highest BCUT2D eigenvalue weighted by Crippen LogP contribution is 2.27. The maximum atomic E-state index is 11.8. The molecule has 0 aliphatic rings. The van der Waals surface area contributed by atoms with Crippen LogP contribution < -0.4 is 10.1 Å². The molecule has 1 N–H and O–H groups in total. The van der Waals surface area contributed by atoms with Gasteiger partial charge in [0.15, 0.2) is 6.61 Å². The molecule has 0 bridgehead atoms. The van der Waals surface area contributed by atoms with Gasteiger partial charge in [0.2, 0.25) is 0 Å². The van der Waals surface area contributed by atoms with Crippen molar-refractivity contribution in [1.82, 2.24) is 5.32 Å². The van der Waals surface area contributed by atoms with Crippen LogP contribution in [0.2, 0.25) is 10.0 Å². The van der Waals surface area contributed by atoms with Crippen LogP contribution in [0.3, 0.4) is 0 Å². The summed E-state index contributed by atoms with van der Waals surface area (Å²) in [6, 6.07) is 14.9. The molecule has 0 aromatic heterocycles. The average Bonchev–Trinajstić information content (AvgIpc) is 2.54. The molecule has 0 saturated heterocycles. The number of hydrogen-bond acceptors (Lipinski definition) is 2. The molecule has 0 aliphatic heterocycles. The number of amides is 1. The summed E-state index contributed by atoms with van der Waals surface area (Å²) < 4.78 is 5.39. The molecule has 0 fully saturated rings. The van der Waals surface area contributed by atoms with Gasteiger partial charge in [-0.25, -0.2) is 0 Å². The van der Waals surface area contributed by atoms with E-state index in [0.717, 1.165) is 0 Å². The zero-order chi connectivity index (χ0) is 15.9. The Hall–Kier alpha value is -1.71. The van der Waals surface area contributed by atoms with E-state index in [0.29, 0.717) is 22.3 Å². The smallest absolute Gasteiger partial charge is 0.257 e. The Morgan fingerprint density at radius 3 is 2.64 bits per heavy atom. The molecule has 0 heterocycles. The van der Waals surface area contributed by atoms with Crippen molar-refractivity contribution >= 4 is 29.1 Å². The maximum absolute atomic E-state index is 11.8. The molecule has 0 radical (unpaired) electrons. The topological polar surface area (TPSA) is 38.3 Å². The molecule has 116 valence electrons. The monoisotopic (exact) mass is 337 g/mol. The molecular weight excluding hydrogens is 321 g/mol. The first kappa shape index (κ1) is 16.7. The minimum Gasteiger partial charge on any atom is -0.482 e. The van der Waals surface area contributed by atoms with Crippen molar-refractivity contribution in [2.24, 2.45) is 0 Å². The summed E-state index contributed by atoms with van der Waals surface area (Å²) >= 11 is 11.8. The van der Waals surface area contributed by atoms with E-state index >= 15 is 0 Å². The second kappa shape index (κ2) is 8.06. The van der Waals surface area contributed by atoms with Crippen LogP contribution in [0.5, 0.6) is 5.75 Å². The lowest BCUT2D eigenvalue weighted by Gasteiger charge is -2.13. The SMILES string of the molecule is CC(CNC(=O)COc1cc(Cl)ccc1Cl)c1ccccc1. The van der Waals surface area contributed by atoms with Crippen molar-refractivity contribution in [2.75, 3.05) is 13.2 Å². The predicted octanol–water partition coefficient (Wildman–Crippen LogP) is 4.29. The molecule has 1 atom stereocenters. The van der Waals surface area contributed by atoms with Gasteiger partial charge in [0, 0.05) is 17.6 Å². The van der Waals surface area contributed by atoms with Crippen LogP contribution in [0.25, 0.3) is 0 Å². The Morgan fingerprint density at radius 1 is 1.18 bits per heavy atom. The minimum absolute atomic E-state index is 0.0957. The van der Waals surface area contributed by atoms with Crippen LogP contribution in [0, 0.1) is 0 Å². The van der Waals surface area contributed by atoms with E-state index in [4.69, 9.17) is 27.9 Å². The fourth-order valence-electron chi connectivity index (χ4n) is 1.95. The van der Waals surface area contributed by atoms with Crippen molar-refractivity contribution < 1.29 is 9.53 Å². The van der Waals surface area contributed by atoms with Gasteiger partial charge >= 0.3 is 0 Å². The Labute approximate surface area is 140 Å². The molecule has 22 heavy (non-hydrogen) atoms. The fourth-order valence-corrected chi connectivity index (χ4v) is 2.28. The number of halogens is 2. The third-order valence-electron chi connectivity index (χ3n) is 3.23. The highest BCUT2D eigenvalue weighted by Gasteiger charge is 2.09. The van der Waals surface area contributed by atoms with Gasteiger partial charge in [0.1, 0.15) is 5.75 Å². The van der Waals surface area contributed by atoms with E-state index in [1.807, 2.05) is 30.3 Å². The number of ether oxygens (including phenoxy) is 1. The Morgan fingerprint density at radius 2 is 1.91 bits per heavy atom. The number of carbonyl (C=O) groups is 1. The van der Waals surface area contributed by atoms with Crippen LogP contribution >= 0.6 is 23.2 Å². The van der Waals surface area contributed by atoms with Crippen LogP contribution in [0.1, 0.15) is 18.4 Å². The van der Waals surface area contributed by atoms with Crippen molar-refractivity contribution in [3.63, 3.8) is 0 Å². The Kier molecular flexibility index (Phi) is 6.10. The van der Waals surface area contributed by atoms with Crippen molar-refractivity contribution in [1.29, 1.82) is 0 Å². The van der Waals surface area contributed by atoms with Gasteiger partial charge in [-0.15, -0.1) is 0 Å². The molecule has 3 nitrogen and oxygen atoms in total. The summed E-state index contributed by atoms with van der Waals surface area (Å²) in [7, 11) is 0. The normalized spacial score (nSPS) is 11.8. The average molecular weight is 338 g/mol. The lowest BCUT2D eigenvalue weighted by atomic mass is 10.0. The second-order valence-corrected chi connectivity index (χ2v) is 5.82. The van der Waals surface area contributed by atoms with Crippen LogP contribution in [-0.2, 0) is 4.79 Å². The van der Waals surface area contributed by atoms with Gasteiger partial charge in [-0.05, 0) is 23.6 Å². The standard InChI is InChI=1S/C17H17Cl2NO2/c1-12(13-5-3-2-4-6-13)10-20-17(21)11-22-16-9-14(18)7-8-15(16)19/h2-9,12H,10-11H2,1H3,(H,20,21). The molecule has 0 saturated carbocycles. The largest absolute Gasteiger partial charge is 0.482 e. The van der Waals surface area contributed by atoms with E-state index in [1.54, 1.807) is 18.2 Å². The zero-order valence-electron chi connectivity index (χ0n) is 12.2. The van der Waals surface area contributed by atoms with Crippen LogP contribution in [-0.4, -0.2) is 19.1 Å². The molecule has 5 heteroatoms. The van der Waals surface area contributed by atoms with E-state index in [9.17, 15) is 4.79 Å². The molecule has 2 aromatic carbocycles. The second-order valence-electron chi connectivity index (χ2n) is 4.98. The van der Waals surface area contributed by atoms with Crippen LogP contribution in [0.15, 0.2) is 48.5 Å². The molecule has 1 unspecified atom stereocenters. The first-order valence-corrected chi connectivity index (χ1v) is 7.71. The van der Waals surface area contributed by atoms with Gasteiger partial charge in [0.05, 0.1) is 5.02 Å². The van der Waals surface area contributed by atoms with Crippen molar-refractivity contribution in [3.05, 3.63) is 64.1 Å². The summed E-state index contributed by atoms with van der Waals surface area (Å²) in [5, 5.41) is 3.78. The maximum Gasteiger partial charge on any atom is 0.257 e. The number of rotatable bonds is 6. The number of benzene rings is 2. The van der Waals surface area contributed by atoms with Crippen LogP contribution in [0.4, 0.5) is 0 Å². The van der Waals surface area contributed by atoms with Gasteiger partial charge in [-0.2, -0.15) is 0 Å².